The Hall–Kier alpha value is -2.50. The number of halogens is 1. The van der Waals surface area contributed by atoms with E-state index >= 15 is 0 Å². The first-order chi connectivity index (χ1) is 13.4. The van der Waals surface area contributed by atoms with Gasteiger partial charge < -0.3 is 0 Å². The molecule has 1 atom stereocenters. The molecule has 144 valence electrons. The highest BCUT2D eigenvalue weighted by molar-refractivity contribution is 7.89. The van der Waals surface area contributed by atoms with Gasteiger partial charge in [0.15, 0.2) is 0 Å². The predicted octanol–water partition coefficient (Wildman–Crippen LogP) is 4.78. The highest BCUT2D eigenvalue weighted by Gasteiger charge is 2.37. The number of sulfonamides is 1. The molecule has 3 aromatic carbocycles. The zero-order valence-corrected chi connectivity index (χ0v) is 16.7. The third kappa shape index (κ3) is 3.25. The first-order valence-electron chi connectivity index (χ1n) is 9.30. The monoisotopic (exact) mass is 395 g/mol. The molecule has 1 unspecified atom stereocenters. The molecule has 0 N–H and O–H groups in total. The minimum Gasteiger partial charge on any atom is -0.207 e. The van der Waals surface area contributed by atoms with Crippen LogP contribution < -0.4 is 0 Å². The van der Waals surface area contributed by atoms with Gasteiger partial charge in [0.05, 0.1) is 10.9 Å². The summed E-state index contributed by atoms with van der Waals surface area (Å²) in [6.45, 7) is 4.36. The van der Waals surface area contributed by atoms with Crippen molar-refractivity contribution in [2.75, 3.05) is 6.54 Å². The summed E-state index contributed by atoms with van der Waals surface area (Å²) in [6, 6.07) is 18.5. The Bertz CT molecular complexity index is 1110. The van der Waals surface area contributed by atoms with Gasteiger partial charge in [0, 0.05) is 6.54 Å². The second-order valence-corrected chi connectivity index (χ2v) is 9.17. The Labute approximate surface area is 165 Å². The van der Waals surface area contributed by atoms with Crippen molar-refractivity contribution in [3.8, 4) is 0 Å². The van der Waals surface area contributed by atoms with Gasteiger partial charge in [-0.3, -0.25) is 0 Å². The Morgan fingerprint density at radius 1 is 0.929 bits per heavy atom. The Balaban J connectivity index is 1.88. The number of nitrogens with zero attached hydrogens (tertiary/aromatic N) is 1. The van der Waals surface area contributed by atoms with Gasteiger partial charge in [-0.25, -0.2) is 12.8 Å². The number of hydrogen-bond donors (Lipinski definition) is 0. The fourth-order valence-corrected chi connectivity index (χ4v) is 5.52. The molecule has 0 aromatic heterocycles. The second-order valence-electron chi connectivity index (χ2n) is 7.28. The van der Waals surface area contributed by atoms with Gasteiger partial charge in [-0.05, 0) is 66.8 Å². The zero-order valence-electron chi connectivity index (χ0n) is 15.9. The molecule has 3 aromatic rings. The lowest BCUT2D eigenvalue weighted by atomic mass is 9.87. The normalized spacial score (nSPS) is 17.3. The maximum atomic E-state index is 13.5. The van der Waals surface area contributed by atoms with Crippen LogP contribution >= 0.6 is 0 Å². The lowest BCUT2D eigenvalue weighted by Gasteiger charge is -2.37. The quantitative estimate of drug-likeness (QED) is 0.640. The van der Waals surface area contributed by atoms with Gasteiger partial charge in [0.1, 0.15) is 5.82 Å². The molecule has 1 heterocycles. The minimum atomic E-state index is -3.70. The number of fused-ring (bicyclic) bond motifs is 1. The van der Waals surface area contributed by atoms with Gasteiger partial charge in [-0.2, -0.15) is 4.31 Å². The summed E-state index contributed by atoms with van der Waals surface area (Å²) in [5.41, 5.74) is 5.06. The van der Waals surface area contributed by atoms with Crippen molar-refractivity contribution in [2.24, 2.45) is 0 Å². The predicted molar refractivity (Wildman–Crippen MR) is 108 cm³/mol. The molecule has 0 saturated carbocycles. The zero-order chi connectivity index (χ0) is 19.9. The standard InChI is InChI=1S/C23H22FNO2S/c1-16-6-12-20(13-7-16)28(26,27)25-15-14-21-17(2)4-3-5-22(21)23(25)18-8-10-19(24)11-9-18/h3-13,23H,14-15H2,1-2H3. The smallest absolute Gasteiger partial charge is 0.207 e. The maximum Gasteiger partial charge on any atom is 0.243 e. The molecule has 1 aliphatic heterocycles. The SMILES string of the molecule is Cc1ccc(S(=O)(=O)N2CCc3c(C)cccc3C2c2ccc(F)cc2)cc1. The molecule has 0 spiro atoms. The van der Waals surface area contributed by atoms with E-state index in [0.29, 0.717) is 13.0 Å². The minimum absolute atomic E-state index is 0.279. The molecule has 0 aliphatic carbocycles. The first-order valence-corrected chi connectivity index (χ1v) is 10.7. The van der Waals surface area contributed by atoms with E-state index < -0.39 is 16.1 Å². The number of benzene rings is 3. The van der Waals surface area contributed by atoms with E-state index in [1.165, 1.54) is 17.7 Å². The van der Waals surface area contributed by atoms with E-state index in [-0.39, 0.29) is 10.7 Å². The van der Waals surface area contributed by atoms with Gasteiger partial charge in [-0.15, -0.1) is 0 Å². The Morgan fingerprint density at radius 3 is 2.29 bits per heavy atom. The third-order valence-corrected chi connectivity index (χ3v) is 7.30. The van der Waals surface area contributed by atoms with Crippen LogP contribution in [0.2, 0.25) is 0 Å². The number of rotatable bonds is 3. The average molecular weight is 395 g/mol. The van der Waals surface area contributed by atoms with Crippen molar-refractivity contribution >= 4 is 10.0 Å². The molecule has 0 radical (unpaired) electrons. The van der Waals surface area contributed by atoms with Crippen molar-refractivity contribution in [1.29, 1.82) is 0 Å². The summed E-state index contributed by atoms with van der Waals surface area (Å²) in [5.74, 6) is -0.336. The molecule has 0 bridgehead atoms. The van der Waals surface area contributed by atoms with Gasteiger partial charge in [0.25, 0.3) is 0 Å². The van der Waals surface area contributed by atoms with Crippen molar-refractivity contribution in [3.05, 3.63) is 100 Å². The summed E-state index contributed by atoms with van der Waals surface area (Å²) >= 11 is 0. The van der Waals surface area contributed by atoms with Crippen LogP contribution in [0.15, 0.2) is 71.6 Å². The fraction of sp³-hybridized carbons (Fsp3) is 0.217. The van der Waals surface area contributed by atoms with Crippen LogP contribution in [0.4, 0.5) is 4.39 Å². The summed E-state index contributed by atoms with van der Waals surface area (Å²) < 4.78 is 42.1. The number of aryl methyl sites for hydroxylation is 2. The second kappa shape index (κ2) is 7.15. The summed E-state index contributed by atoms with van der Waals surface area (Å²) in [5, 5.41) is 0. The maximum absolute atomic E-state index is 13.5. The lowest BCUT2D eigenvalue weighted by molar-refractivity contribution is 0.343. The van der Waals surface area contributed by atoms with Crippen LogP contribution in [0, 0.1) is 19.7 Å². The molecule has 3 nitrogen and oxygen atoms in total. The van der Waals surface area contributed by atoms with Crippen molar-refractivity contribution in [1.82, 2.24) is 4.31 Å². The average Bonchev–Trinajstić information content (AvgIpc) is 2.68. The first kappa shape index (κ1) is 18.8. The highest BCUT2D eigenvalue weighted by atomic mass is 32.2. The van der Waals surface area contributed by atoms with E-state index in [4.69, 9.17) is 0 Å². The van der Waals surface area contributed by atoms with Crippen LogP contribution in [0.3, 0.4) is 0 Å². The van der Waals surface area contributed by atoms with E-state index in [1.807, 2.05) is 44.2 Å². The molecule has 5 heteroatoms. The molecule has 0 amide bonds. The summed E-state index contributed by atoms with van der Waals surface area (Å²) in [4.78, 5) is 0.279. The summed E-state index contributed by atoms with van der Waals surface area (Å²) in [6.07, 6.45) is 0.658. The lowest BCUT2D eigenvalue weighted by Crippen LogP contribution is -2.40. The van der Waals surface area contributed by atoms with E-state index in [0.717, 1.165) is 22.3 Å². The van der Waals surface area contributed by atoms with Crippen LogP contribution in [-0.2, 0) is 16.4 Å². The Kier molecular flexibility index (Phi) is 4.81. The van der Waals surface area contributed by atoms with Crippen LogP contribution in [0.1, 0.15) is 33.9 Å². The topological polar surface area (TPSA) is 37.4 Å². The molecule has 1 aliphatic rings. The summed E-state index contributed by atoms with van der Waals surface area (Å²) in [7, 11) is -3.70. The van der Waals surface area contributed by atoms with E-state index in [2.05, 4.69) is 0 Å². The molecule has 4 rings (SSSR count). The van der Waals surface area contributed by atoms with Crippen LogP contribution in [0.25, 0.3) is 0 Å². The highest BCUT2D eigenvalue weighted by Crippen LogP contribution is 2.39. The number of hydrogen-bond acceptors (Lipinski definition) is 2. The van der Waals surface area contributed by atoms with Crippen LogP contribution in [0.5, 0.6) is 0 Å². The van der Waals surface area contributed by atoms with Crippen LogP contribution in [-0.4, -0.2) is 19.3 Å². The molecule has 28 heavy (non-hydrogen) atoms. The molecule has 0 saturated heterocycles. The third-order valence-electron chi connectivity index (χ3n) is 5.42. The van der Waals surface area contributed by atoms with Crippen molar-refractivity contribution in [2.45, 2.75) is 31.2 Å². The van der Waals surface area contributed by atoms with Crippen molar-refractivity contribution in [3.63, 3.8) is 0 Å². The van der Waals surface area contributed by atoms with E-state index in [9.17, 15) is 12.8 Å². The Morgan fingerprint density at radius 2 is 1.61 bits per heavy atom. The van der Waals surface area contributed by atoms with Gasteiger partial charge >= 0.3 is 0 Å². The fourth-order valence-electron chi connectivity index (χ4n) is 3.92. The molecular formula is C23H22FNO2S. The molecule has 0 fully saturated rings. The van der Waals surface area contributed by atoms with Gasteiger partial charge in [-0.1, -0.05) is 48.0 Å². The van der Waals surface area contributed by atoms with Gasteiger partial charge in [0.2, 0.25) is 10.0 Å². The molecular weight excluding hydrogens is 373 g/mol. The van der Waals surface area contributed by atoms with E-state index in [1.54, 1.807) is 28.6 Å². The van der Waals surface area contributed by atoms with Crippen molar-refractivity contribution < 1.29 is 12.8 Å². The largest absolute Gasteiger partial charge is 0.243 e.